The van der Waals surface area contributed by atoms with Gasteiger partial charge in [0.05, 0.1) is 5.75 Å². The smallest absolute Gasteiger partial charge is 0.277 e. The highest BCUT2D eigenvalue weighted by Crippen LogP contribution is 2.26. The van der Waals surface area contributed by atoms with E-state index in [4.69, 9.17) is 16.0 Å². The Morgan fingerprint density at radius 1 is 1.15 bits per heavy atom. The zero-order valence-electron chi connectivity index (χ0n) is 13.9. The minimum Gasteiger partial charge on any atom is -0.411 e. The number of carbonyl (C=O) groups is 1. The van der Waals surface area contributed by atoms with E-state index in [1.807, 2.05) is 18.2 Å². The van der Waals surface area contributed by atoms with Gasteiger partial charge in [0.1, 0.15) is 0 Å². The molecule has 7 heteroatoms. The summed E-state index contributed by atoms with van der Waals surface area (Å²) in [6, 6.07) is 13.3. The Morgan fingerprint density at radius 3 is 2.92 bits per heavy atom. The molecule has 0 atom stereocenters. The van der Waals surface area contributed by atoms with Crippen molar-refractivity contribution in [1.82, 2.24) is 10.2 Å². The van der Waals surface area contributed by atoms with Gasteiger partial charge in [-0.2, -0.15) is 0 Å². The number of nitrogens with one attached hydrogen (secondary N) is 1. The van der Waals surface area contributed by atoms with E-state index in [2.05, 4.69) is 27.6 Å². The fourth-order valence-electron chi connectivity index (χ4n) is 2.98. The maximum absolute atomic E-state index is 12.2. The molecule has 1 N–H and O–H groups in total. The molecule has 0 bridgehead atoms. The summed E-state index contributed by atoms with van der Waals surface area (Å²) in [4.78, 5) is 12.2. The topological polar surface area (TPSA) is 68.0 Å². The summed E-state index contributed by atoms with van der Waals surface area (Å²) in [7, 11) is 0. The zero-order chi connectivity index (χ0) is 17.9. The molecule has 1 aromatic heterocycles. The highest BCUT2D eigenvalue weighted by atomic mass is 35.5. The molecule has 1 aliphatic rings. The Bertz CT molecular complexity index is 957. The molecule has 0 fully saturated rings. The average molecular weight is 386 g/mol. The Labute approximate surface area is 160 Å². The van der Waals surface area contributed by atoms with Crippen molar-refractivity contribution >= 4 is 35.0 Å². The van der Waals surface area contributed by atoms with E-state index in [1.165, 1.54) is 29.3 Å². The Hall–Kier alpha value is -2.31. The van der Waals surface area contributed by atoms with Crippen molar-refractivity contribution in [3.05, 3.63) is 58.6 Å². The molecule has 3 aromatic rings. The lowest BCUT2D eigenvalue weighted by molar-refractivity contribution is -0.113. The average Bonchev–Trinajstić information content (AvgIpc) is 3.29. The number of nitrogens with zero attached hydrogens (tertiary/aromatic N) is 2. The Morgan fingerprint density at radius 2 is 2.04 bits per heavy atom. The lowest BCUT2D eigenvalue weighted by Gasteiger charge is -2.06. The first-order valence-corrected chi connectivity index (χ1v) is 9.67. The first-order chi connectivity index (χ1) is 12.7. The molecule has 132 valence electrons. The number of aryl methyl sites for hydroxylation is 2. The summed E-state index contributed by atoms with van der Waals surface area (Å²) in [5.41, 5.74) is 4.30. The van der Waals surface area contributed by atoms with Gasteiger partial charge in [0.25, 0.3) is 5.22 Å². The van der Waals surface area contributed by atoms with Crippen molar-refractivity contribution < 1.29 is 9.21 Å². The van der Waals surface area contributed by atoms with E-state index >= 15 is 0 Å². The van der Waals surface area contributed by atoms with Crippen molar-refractivity contribution in [2.24, 2.45) is 0 Å². The lowest BCUT2D eigenvalue weighted by Crippen LogP contribution is -2.14. The van der Waals surface area contributed by atoms with Gasteiger partial charge in [0.15, 0.2) is 0 Å². The third kappa shape index (κ3) is 3.92. The van der Waals surface area contributed by atoms with Crippen molar-refractivity contribution in [1.29, 1.82) is 0 Å². The fourth-order valence-corrected chi connectivity index (χ4v) is 3.73. The highest BCUT2D eigenvalue weighted by Gasteiger charge is 2.14. The summed E-state index contributed by atoms with van der Waals surface area (Å²) in [6.45, 7) is 0. The van der Waals surface area contributed by atoms with Gasteiger partial charge in [0.2, 0.25) is 11.8 Å². The van der Waals surface area contributed by atoms with Crippen LogP contribution in [0, 0.1) is 0 Å². The normalized spacial score (nSPS) is 12.8. The SMILES string of the molecule is O=C(CSc1nnc(-c2cccc(Cl)c2)o1)Nc1ccc2c(c1)CCC2. The minimum absolute atomic E-state index is 0.101. The van der Waals surface area contributed by atoms with E-state index < -0.39 is 0 Å². The number of halogens is 1. The summed E-state index contributed by atoms with van der Waals surface area (Å²) >= 11 is 7.18. The van der Waals surface area contributed by atoms with Gasteiger partial charge in [-0.25, -0.2) is 0 Å². The zero-order valence-corrected chi connectivity index (χ0v) is 15.4. The van der Waals surface area contributed by atoms with E-state index in [-0.39, 0.29) is 11.7 Å². The lowest BCUT2D eigenvalue weighted by atomic mass is 10.1. The quantitative estimate of drug-likeness (QED) is 0.649. The van der Waals surface area contributed by atoms with Crippen LogP contribution in [-0.2, 0) is 17.6 Å². The molecule has 4 rings (SSSR count). The van der Waals surface area contributed by atoms with Crippen LogP contribution in [0.15, 0.2) is 52.1 Å². The second kappa shape index (κ2) is 7.51. The minimum atomic E-state index is -0.101. The van der Waals surface area contributed by atoms with Gasteiger partial charge in [0, 0.05) is 16.3 Å². The highest BCUT2D eigenvalue weighted by molar-refractivity contribution is 7.99. The van der Waals surface area contributed by atoms with Gasteiger partial charge in [-0.3, -0.25) is 4.79 Å². The number of carbonyl (C=O) groups excluding carboxylic acids is 1. The largest absolute Gasteiger partial charge is 0.411 e. The maximum atomic E-state index is 12.2. The molecule has 5 nitrogen and oxygen atoms in total. The molecular weight excluding hydrogens is 370 g/mol. The monoisotopic (exact) mass is 385 g/mol. The molecule has 0 saturated carbocycles. The van der Waals surface area contributed by atoms with E-state index in [0.29, 0.717) is 16.1 Å². The molecule has 0 saturated heterocycles. The van der Waals surface area contributed by atoms with E-state index in [0.717, 1.165) is 24.1 Å². The number of amides is 1. The van der Waals surface area contributed by atoms with Crippen LogP contribution in [0.25, 0.3) is 11.5 Å². The number of hydrogen-bond acceptors (Lipinski definition) is 5. The summed E-state index contributed by atoms with van der Waals surface area (Å²) in [5, 5.41) is 11.8. The van der Waals surface area contributed by atoms with Crippen molar-refractivity contribution in [2.75, 3.05) is 11.1 Å². The Kier molecular flexibility index (Phi) is 4.95. The van der Waals surface area contributed by atoms with Gasteiger partial charge in [-0.15, -0.1) is 10.2 Å². The van der Waals surface area contributed by atoms with Gasteiger partial charge >= 0.3 is 0 Å². The predicted octanol–water partition coefficient (Wildman–Crippen LogP) is 4.61. The molecule has 26 heavy (non-hydrogen) atoms. The summed E-state index contributed by atoms with van der Waals surface area (Å²) in [5.74, 6) is 0.485. The van der Waals surface area contributed by atoms with Crippen molar-refractivity contribution in [3.8, 4) is 11.5 Å². The molecule has 2 aromatic carbocycles. The number of thioether (sulfide) groups is 1. The van der Waals surface area contributed by atoms with Crippen LogP contribution in [0.5, 0.6) is 0 Å². The number of fused-ring (bicyclic) bond motifs is 1. The van der Waals surface area contributed by atoms with Crippen LogP contribution in [-0.4, -0.2) is 21.9 Å². The number of rotatable bonds is 5. The molecule has 0 spiro atoms. The summed E-state index contributed by atoms with van der Waals surface area (Å²) in [6.07, 6.45) is 3.41. The molecule has 0 radical (unpaired) electrons. The third-order valence-corrected chi connectivity index (χ3v) is 5.24. The van der Waals surface area contributed by atoms with E-state index in [9.17, 15) is 4.79 Å². The van der Waals surface area contributed by atoms with Crippen LogP contribution in [0.4, 0.5) is 5.69 Å². The maximum Gasteiger partial charge on any atom is 0.277 e. The molecule has 1 amide bonds. The van der Waals surface area contributed by atoms with Crippen LogP contribution in [0.2, 0.25) is 5.02 Å². The van der Waals surface area contributed by atoms with Crippen LogP contribution in [0.1, 0.15) is 17.5 Å². The van der Waals surface area contributed by atoms with Gasteiger partial charge < -0.3 is 9.73 Å². The predicted molar refractivity (Wildman–Crippen MR) is 103 cm³/mol. The van der Waals surface area contributed by atoms with E-state index in [1.54, 1.807) is 12.1 Å². The van der Waals surface area contributed by atoms with Crippen LogP contribution in [0.3, 0.4) is 0 Å². The van der Waals surface area contributed by atoms with Crippen LogP contribution >= 0.6 is 23.4 Å². The molecule has 0 unspecified atom stereocenters. The van der Waals surface area contributed by atoms with Crippen molar-refractivity contribution in [2.45, 2.75) is 24.5 Å². The Balaban J connectivity index is 1.35. The second-order valence-electron chi connectivity index (χ2n) is 6.06. The molecule has 1 aliphatic carbocycles. The number of benzene rings is 2. The molecule has 1 heterocycles. The van der Waals surface area contributed by atoms with Gasteiger partial charge in [-0.05, 0) is 60.7 Å². The first kappa shape index (κ1) is 17.1. The van der Waals surface area contributed by atoms with Gasteiger partial charge in [-0.1, -0.05) is 35.5 Å². The molecule has 0 aliphatic heterocycles. The third-order valence-electron chi connectivity index (χ3n) is 4.19. The van der Waals surface area contributed by atoms with Crippen LogP contribution < -0.4 is 5.32 Å². The number of aromatic nitrogens is 2. The molecular formula is C19H16ClN3O2S. The second-order valence-corrected chi connectivity index (χ2v) is 7.42. The summed E-state index contributed by atoms with van der Waals surface area (Å²) < 4.78 is 5.59. The van der Waals surface area contributed by atoms with Crippen molar-refractivity contribution in [3.63, 3.8) is 0 Å². The standard InChI is InChI=1S/C19H16ClN3O2S/c20-15-6-2-5-14(9-15)18-22-23-19(25-18)26-11-17(24)21-16-8-7-12-3-1-4-13(12)10-16/h2,5-10H,1,3-4,11H2,(H,21,24). The fraction of sp³-hybridized carbons (Fsp3) is 0.211. The number of anilines is 1. The first-order valence-electron chi connectivity index (χ1n) is 8.31. The number of hydrogen-bond donors (Lipinski definition) is 1.